The second kappa shape index (κ2) is 4.57. The highest BCUT2D eigenvalue weighted by Gasteiger charge is 2.21. The van der Waals surface area contributed by atoms with E-state index in [0.717, 1.165) is 18.5 Å². The van der Waals surface area contributed by atoms with Gasteiger partial charge in [-0.2, -0.15) is 0 Å². The van der Waals surface area contributed by atoms with Crippen LogP contribution < -0.4 is 11.1 Å². The van der Waals surface area contributed by atoms with Crippen molar-refractivity contribution >= 4 is 5.95 Å². The first-order valence-electron chi connectivity index (χ1n) is 5.57. The molecule has 1 saturated carbocycles. The normalized spacial score (nSPS) is 26.3. The maximum absolute atomic E-state index is 6.05. The molecule has 4 heteroatoms. The molecule has 0 aliphatic heterocycles. The molecule has 0 radical (unpaired) electrons. The summed E-state index contributed by atoms with van der Waals surface area (Å²) >= 11 is 0. The molecule has 4 nitrogen and oxygen atoms in total. The van der Waals surface area contributed by atoms with Crippen molar-refractivity contribution in [3.8, 4) is 0 Å². The lowest BCUT2D eigenvalue weighted by Crippen LogP contribution is -2.42. The topological polar surface area (TPSA) is 63.8 Å². The molecule has 1 heterocycles. The Balaban J connectivity index is 2.01. The molecule has 0 saturated heterocycles. The number of aryl methyl sites for hydroxylation is 1. The minimum absolute atomic E-state index is 0.239. The van der Waals surface area contributed by atoms with Crippen molar-refractivity contribution in [2.75, 3.05) is 5.32 Å². The Kier molecular flexibility index (Phi) is 3.16. The minimum atomic E-state index is 0.239. The van der Waals surface area contributed by atoms with Crippen LogP contribution in [0.4, 0.5) is 5.95 Å². The van der Waals surface area contributed by atoms with E-state index >= 15 is 0 Å². The molecule has 0 aromatic carbocycles. The molecule has 82 valence electrons. The number of nitrogens with zero attached hydrogens (tertiary/aromatic N) is 2. The molecule has 1 fully saturated rings. The van der Waals surface area contributed by atoms with Gasteiger partial charge in [-0.05, 0) is 25.8 Å². The van der Waals surface area contributed by atoms with E-state index < -0.39 is 0 Å². The number of nitrogens with two attached hydrogens (primary N) is 1. The Labute approximate surface area is 90.3 Å². The largest absolute Gasteiger partial charge is 0.350 e. The number of anilines is 1. The van der Waals surface area contributed by atoms with Gasteiger partial charge in [-0.15, -0.1) is 0 Å². The average Bonchev–Trinajstić information content (AvgIpc) is 2.22. The molecule has 1 aromatic rings. The van der Waals surface area contributed by atoms with E-state index in [1.807, 2.05) is 13.0 Å². The molecule has 0 unspecified atom stereocenters. The maximum Gasteiger partial charge on any atom is 0.223 e. The van der Waals surface area contributed by atoms with E-state index in [4.69, 9.17) is 5.73 Å². The van der Waals surface area contributed by atoms with Gasteiger partial charge in [0.05, 0.1) is 0 Å². The highest BCUT2D eigenvalue weighted by atomic mass is 15.1. The van der Waals surface area contributed by atoms with Gasteiger partial charge in [-0.3, -0.25) is 0 Å². The second-order valence-electron chi connectivity index (χ2n) is 4.22. The summed E-state index contributed by atoms with van der Waals surface area (Å²) in [5.41, 5.74) is 7.03. The van der Waals surface area contributed by atoms with Gasteiger partial charge in [0.2, 0.25) is 5.95 Å². The third-order valence-corrected chi connectivity index (χ3v) is 2.93. The molecule has 1 aliphatic carbocycles. The maximum atomic E-state index is 6.05. The van der Waals surface area contributed by atoms with E-state index in [9.17, 15) is 0 Å². The summed E-state index contributed by atoms with van der Waals surface area (Å²) in [7, 11) is 0. The zero-order valence-corrected chi connectivity index (χ0v) is 9.11. The van der Waals surface area contributed by atoms with E-state index in [1.165, 1.54) is 12.8 Å². The van der Waals surface area contributed by atoms with Crippen molar-refractivity contribution in [3.63, 3.8) is 0 Å². The lowest BCUT2D eigenvalue weighted by atomic mass is 9.91. The van der Waals surface area contributed by atoms with Crippen molar-refractivity contribution in [1.82, 2.24) is 9.97 Å². The van der Waals surface area contributed by atoms with Crippen LogP contribution in [0.5, 0.6) is 0 Å². The quantitative estimate of drug-likeness (QED) is 0.769. The monoisotopic (exact) mass is 206 g/mol. The Morgan fingerprint density at radius 3 is 2.93 bits per heavy atom. The third-order valence-electron chi connectivity index (χ3n) is 2.93. The Morgan fingerprint density at radius 2 is 2.20 bits per heavy atom. The molecule has 15 heavy (non-hydrogen) atoms. The molecular weight excluding hydrogens is 188 g/mol. The molecule has 0 amide bonds. The number of rotatable bonds is 2. The Hall–Kier alpha value is -1.16. The van der Waals surface area contributed by atoms with Gasteiger partial charge in [0.15, 0.2) is 0 Å². The van der Waals surface area contributed by atoms with Gasteiger partial charge in [0.25, 0.3) is 0 Å². The summed E-state index contributed by atoms with van der Waals surface area (Å²) in [6, 6.07) is 2.47. The highest BCUT2D eigenvalue weighted by Crippen LogP contribution is 2.19. The van der Waals surface area contributed by atoms with Gasteiger partial charge in [-0.25, -0.2) is 9.97 Å². The summed E-state index contributed by atoms with van der Waals surface area (Å²) in [6.45, 7) is 1.97. The number of aromatic nitrogens is 2. The van der Waals surface area contributed by atoms with Crippen LogP contribution in [-0.4, -0.2) is 22.1 Å². The molecule has 3 N–H and O–H groups in total. The van der Waals surface area contributed by atoms with Crippen molar-refractivity contribution in [2.45, 2.75) is 44.7 Å². The van der Waals surface area contributed by atoms with E-state index in [2.05, 4.69) is 15.3 Å². The predicted octanol–water partition coefficient (Wildman–Crippen LogP) is 1.47. The Bertz CT molecular complexity index is 326. The molecule has 0 spiro atoms. The van der Waals surface area contributed by atoms with Gasteiger partial charge in [-0.1, -0.05) is 12.8 Å². The summed E-state index contributed by atoms with van der Waals surface area (Å²) < 4.78 is 0. The molecule has 2 atom stereocenters. The van der Waals surface area contributed by atoms with Crippen LogP contribution >= 0.6 is 0 Å². The minimum Gasteiger partial charge on any atom is -0.350 e. The molecule has 2 rings (SSSR count). The van der Waals surface area contributed by atoms with Crippen molar-refractivity contribution in [1.29, 1.82) is 0 Å². The fourth-order valence-electron chi connectivity index (χ4n) is 2.02. The standard InChI is InChI=1S/C11H18N4/c1-8-6-7-13-11(14-8)15-10-5-3-2-4-9(10)12/h6-7,9-10H,2-5,12H2,1H3,(H,13,14,15)/t9-,10-/m1/s1. The first kappa shape index (κ1) is 10.4. The molecular formula is C11H18N4. The van der Waals surface area contributed by atoms with Gasteiger partial charge in [0.1, 0.15) is 0 Å². The third kappa shape index (κ3) is 2.65. The average molecular weight is 206 g/mol. The predicted molar refractivity (Wildman–Crippen MR) is 60.6 cm³/mol. The number of hydrogen-bond acceptors (Lipinski definition) is 4. The van der Waals surface area contributed by atoms with Crippen LogP contribution in [0.2, 0.25) is 0 Å². The molecule has 1 aliphatic rings. The van der Waals surface area contributed by atoms with Crippen molar-refractivity contribution < 1.29 is 0 Å². The van der Waals surface area contributed by atoms with E-state index in [-0.39, 0.29) is 6.04 Å². The summed E-state index contributed by atoms with van der Waals surface area (Å²) in [4.78, 5) is 8.51. The molecule has 1 aromatic heterocycles. The van der Waals surface area contributed by atoms with Crippen LogP contribution in [0.1, 0.15) is 31.4 Å². The Morgan fingerprint density at radius 1 is 1.40 bits per heavy atom. The smallest absolute Gasteiger partial charge is 0.223 e. The number of hydrogen-bond donors (Lipinski definition) is 2. The van der Waals surface area contributed by atoms with E-state index in [1.54, 1.807) is 6.20 Å². The summed E-state index contributed by atoms with van der Waals surface area (Å²) in [6.07, 6.45) is 6.49. The first-order valence-corrected chi connectivity index (χ1v) is 5.57. The van der Waals surface area contributed by atoms with Crippen LogP contribution in [0.15, 0.2) is 12.3 Å². The van der Waals surface area contributed by atoms with Crippen molar-refractivity contribution in [2.24, 2.45) is 5.73 Å². The first-order chi connectivity index (χ1) is 7.25. The zero-order chi connectivity index (χ0) is 10.7. The lowest BCUT2D eigenvalue weighted by Gasteiger charge is -2.29. The van der Waals surface area contributed by atoms with Crippen LogP contribution in [0, 0.1) is 6.92 Å². The molecule has 0 bridgehead atoms. The van der Waals surface area contributed by atoms with Gasteiger partial charge >= 0.3 is 0 Å². The fraction of sp³-hybridized carbons (Fsp3) is 0.636. The lowest BCUT2D eigenvalue weighted by molar-refractivity contribution is 0.402. The van der Waals surface area contributed by atoms with Crippen molar-refractivity contribution in [3.05, 3.63) is 18.0 Å². The van der Waals surface area contributed by atoms with Gasteiger partial charge in [0, 0.05) is 24.0 Å². The number of nitrogens with one attached hydrogen (secondary N) is 1. The zero-order valence-electron chi connectivity index (χ0n) is 9.11. The van der Waals surface area contributed by atoms with Crippen LogP contribution in [0.25, 0.3) is 0 Å². The SMILES string of the molecule is Cc1ccnc(N[C@@H]2CCCC[C@H]2N)n1. The summed E-state index contributed by atoms with van der Waals surface area (Å²) in [5.74, 6) is 0.706. The van der Waals surface area contributed by atoms with E-state index in [0.29, 0.717) is 12.0 Å². The fourth-order valence-corrected chi connectivity index (χ4v) is 2.02. The van der Waals surface area contributed by atoms with Crippen LogP contribution in [0.3, 0.4) is 0 Å². The van der Waals surface area contributed by atoms with Crippen LogP contribution in [-0.2, 0) is 0 Å². The second-order valence-corrected chi connectivity index (χ2v) is 4.22. The summed E-state index contributed by atoms with van der Waals surface area (Å²) in [5, 5.41) is 3.32. The highest BCUT2D eigenvalue weighted by molar-refractivity contribution is 5.27. The van der Waals surface area contributed by atoms with Gasteiger partial charge < -0.3 is 11.1 Å².